The first kappa shape index (κ1) is 35.3. The molecule has 13 rings (SSSR count). The van der Waals surface area contributed by atoms with Crippen molar-refractivity contribution in [1.29, 1.82) is 0 Å². The molecule has 3 aromatic heterocycles. The van der Waals surface area contributed by atoms with Gasteiger partial charge in [-0.1, -0.05) is 146 Å². The molecule has 4 heterocycles. The normalized spacial score (nSPS) is 14.2. The highest BCUT2D eigenvalue weighted by Crippen LogP contribution is 2.41. The molecule has 6 nitrogen and oxygen atoms in total. The number of para-hydroxylation sites is 3. The summed E-state index contributed by atoms with van der Waals surface area (Å²) >= 11 is 0. The standard InChI is InChI=1S/C57H36N4O2/c1-4-13-35(14-5-1)37-25-29-49-47(31-37)43-27-23-38(33-50(43)61(49)41-17-8-3-9-18-41)42-20-12-21-46-45-28-24-40(34-53(45)63-54(42)46)57-59-55(36-15-6-2-7-16-36)58-56(60-57)39-26-30-52-48(32-39)44-19-10-11-22-51(44)62-52/h1-34,57H,(H,58,59,60). The quantitative estimate of drug-likeness (QED) is 0.182. The Morgan fingerprint density at radius 3 is 1.95 bits per heavy atom. The van der Waals surface area contributed by atoms with E-state index in [1.165, 1.54) is 27.4 Å². The lowest BCUT2D eigenvalue weighted by molar-refractivity contribution is 0.655. The second-order valence-corrected chi connectivity index (χ2v) is 16.2. The molecule has 9 aromatic carbocycles. The summed E-state index contributed by atoms with van der Waals surface area (Å²) in [6.07, 6.45) is -0.411. The number of rotatable bonds is 6. The van der Waals surface area contributed by atoms with Gasteiger partial charge in [0.25, 0.3) is 0 Å². The highest BCUT2D eigenvalue weighted by molar-refractivity contribution is 6.16. The van der Waals surface area contributed by atoms with E-state index in [4.69, 9.17) is 18.8 Å². The number of nitrogens with one attached hydrogen (secondary N) is 1. The molecule has 1 aliphatic heterocycles. The zero-order chi connectivity index (χ0) is 41.4. The maximum absolute atomic E-state index is 6.90. The average molecular weight is 809 g/mol. The molecule has 12 aromatic rings. The summed E-state index contributed by atoms with van der Waals surface area (Å²) in [6.45, 7) is 0. The van der Waals surface area contributed by atoms with Crippen LogP contribution in [0.1, 0.15) is 22.9 Å². The van der Waals surface area contributed by atoms with E-state index in [-0.39, 0.29) is 0 Å². The van der Waals surface area contributed by atoms with Crippen LogP contribution in [0.5, 0.6) is 0 Å². The lowest BCUT2D eigenvalue weighted by Gasteiger charge is -2.23. The summed E-state index contributed by atoms with van der Waals surface area (Å²) in [5.74, 6) is 1.41. The third-order valence-electron chi connectivity index (χ3n) is 12.5. The van der Waals surface area contributed by atoms with E-state index in [9.17, 15) is 0 Å². The Morgan fingerprint density at radius 1 is 0.413 bits per heavy atom. The minimum atomic E-state index is -0.411. The van der Waals surface area contributed by atoms with Crippen molar-refractivity contribution in [1.82, 2.24) is 9.88 Å². The van der Waals surface area contributed by atoms with E-state index in [1.807, 2.05) is 42.5 Å². The first-order chi connectivity index (χ1) is 31.2. The number of fused-ring (bicyclic) bond motifs is 9. The number of aromatic nitrogens is 1. The topological polar surface area (TPSA) is 68.0 Å². The first-order valence-electron chi connectivity index (χ1n) is 21.2. The van der Waals surface area contributed by atoms with Gasteiger partial charge in [-0.3, -0.25) is 0 Å². The van der Waals surface area contributed by atoms with Crippen LogP contribution in [0.25, 0.3) is 93.6 Å². The van der Waals surface area contributed by atoms with Crippen LogP contribution >= 0.6 is 0 Å². The monoisotopic (exact) mass is 808 g/mol. The van der Waals surface area contributed by atoms with Crippen molar-refractivity contribution in [2.24, 2.45) is 9.98 Å². The van der Waals surface area contributed by atoms with Crippen molar-refractivity contribution in [3.63, 3.8) is 0 Å². The van der Waals surface area contributed by atoms with Gasteiger partial charge < -0.3 is 18.7 Å². The fourth-order valence-corrected chi connectivity index (χ4v) is 9.42. The van der Waals surface area contributed by atoms with E-state index >= 15 is 0 Å². The van der Waals surface area contributed by atoms with Crippen LogP contribution in [0.2, 0.25) is 0 Å². The number of amidine groups is 2. The average Bonchev–Trinajstić information content (AvgIpc) is 4.03. The van der Waals surface area contributed by atoms with E-state index in [0.29, 0.717) is 5.84 Å². The van der Waals surface area contributed by atoms with E-state index in [2.05, 4.69) is 174 Å². The van der Waals surface area contributed by atoms with Gasteiger partial charge in [0.1, 0.15) is 34.3 Å². The molecule has 1 aliphatic rings. The van der Waals surface area contributed by atoms with Crippen molar-refractivity contribution < 1.29 is 8.83 Å². The Hall–Kier alpha value is -8.48. The van der Waals surface area contributed by atoms with Crippen LogP contribution in [-0.2, 0) is 0 Å². The fraction of sp³-hybridized carbons (Fsp3) is 0.0175. The summed E-state index contributed by atoms with van der Waals surface area (Å²) in [5.41, 5.74) is 14.2. The zero-order valence-corrected chi connectivity index (χ0v) is 33.9. The van der Waals surface area contributed by atoms with Crippen LogP contribution in [0, 0.1) is 0 Å². The zero-order valence-electron chi connectivity index (χ0n) is 33.9. The Labute approximate surface area is 361 Å². The van der Waals surface area contributed by atoms with Gasteiger partial charge >= 0.3 is 0 Å². The summed E-state index contributed by atoms with van der Waals surface area (Å²) in [6, 6.07) is 72.3. The van der Waals surface area contributed by atoms with Crippen LogP contribution in [0.15, 0.2) is 225 Å². The second kappa shape index (κ2) is 14.0. The maximum atomic E-state index is 6.90. The number of furan rings is 2. The Kier molecular flexibility index (Phi) is 7.87. The molecule has 1 N–H and O–H groups in total. The van der Waals surface area contributed by atoms with Gasteiger partial charge in [0.05, 0.1) is 11.0 Å². The van der Waals surface area contributed by atoms with Crippen LogP contribution < -0.4 is 5.32 Å². The Bertz CT molecular complexity index is 3820. The van der Waals surface area contributed by atoms with Crippen LogP contribution in [0.3, 0.4) is 0 Å². The van der Waals surface area contributed by atoms with Gasteiger partial charge in [-0.25, -0.2) is 9.98 Å². The molecule has 296 valence electrons. The lowest BCUT2D eigenvalue weighted by atomic mass is 9.99. The lowest BCUT2D eigenvalue weighted by Crippen LogP contribution is -2.33. The van der Waals surface area contributed by atoms with Crippen molar-refractivity contribution in [3.05, 3.63) is 223 Å². The van der Waals surface area contributed by atoms with Crippen LogP contribution in [-0.4, -0.2) is 16.2 Å². The Balaban J connectivity index is 0.918. The molecular weight excluding hydrogens is 773 g/mol. The molecule has 1 unspecified atom stereocenters. The molecule has 0 fully saturated rings. The molecule has 63 heavy (non-hydrogen) atoms. The number of benzene rings is 9. The van der Waals surface area contributed by atoms with E-state index in [1.54, 1.807) is 0 Å². The molecule has 0 radical (unpaired) electrons. The van der Waals surface area contributed by atoms with Crippen molar-refractivity contribution in [3.8, 4) is 27.9 Å². The minimum Gasteiger partial charge on any atom is -0.456 e. The van der Waals surface area contributed by atoms with Gasteiger partial charge in [-0.2, -0.15) is 0 Å². The van der Waals surface area contributed by atoms with Gasteiger partial charge in [0.2, 0.25) is 0 Å². The number of hydrogen-bond acceptors (Lipinski definition) is 5. The molecule has 0 bridgehead atoms. The highest BCUT2D eigenvalue weighted by atomic mass is 16.3. The van der Waals surface area contributed by atoms with Crippen molar-refractivity contribution in [2.75, 3.05) is 0 Å². The largest absolute Gasteiger partial charge is 0.456 e. The molecule has 0 saturated carbocycles. The second-order valence-electron chi connectivity index (χ2n) is 16.2. The minimum absolute atomic E-state index is 0.411. The smallest absolute Gasteiger partial charge is 0.159 e. The van der Waals surface area contributed by atoms with Gasteiger partial charge in [-0.15, -0.1) is 0 Å². The molecule has 0 aliphatic carbocycles. The highest BCUT2D eigenvalue weighted by Gasteiger charge is 2.24. The van der Waals surface area contributed by atoms with Crippen molar-refractivity contribution >= 4 is 77.4 Å². The molecule has 1 atom stereocenters. The maximum Gasteiger partial charge on any atom is 0.159 e. The molecule has 0 amide bonds. The summed E-state index contributed by atoms with van der Waals surface area (Å²) in [7, 11) is 0. The fourth-order valence-electron chi connectivity index (χ4n) is 9.42. The van der Waals surface area contributed by atoms with Gasteiger partial charge in [0, 0.05) is 60.3 Å². The van der Waals surface area contributed by atoms with E-state index < -0.39 is 6.17 Å². The van der Waals surface area contributed by atoms with Crippen LogP contribution in [0.4, 0.5) is 0 Å². The first-order valence-corrected chi connectivity index (χ1v) is 21.2. The number of nitrogens with zero attached hydrogens (tertiary/aromatic N) is 3. The predicted molar refractivity (Wildman–Crippen MR) is 258 cm³/mol. The predicted octanol–water partition coefficient (Wildman–Crippen LogP) is 14.4. The number of aliphatic imine (C=N–C) groups is 2. The summed E-state index contributed by atoms with van der Waals surface area (Å²) in [4.78, 5) is 10.3. The summed E-state index contributed by atoms with van der Waals surface area (Å²) in [5, 5.41) is 10.3. The molecule has 0 saturated heterocycles. The molecular formula is C57H36N4O2. The third kappa shape index (κ3) is 5.80. The van der Waals surface area contributed by atoms with Gasteiger partial charge in [-0.05, 0) is 77.4 Å². The van der Waals surface area contributed by atoms with E-state index in [0.717, 1.165) is 88.7 Å². The molecule has 0 spiro atoms. The molecule has 6 heteroatoms. The van der Waals surface area contributed by atoms with Crippen molar-refractivity contribution in [2.45, 2.75) is 6.17 Å². The number of hydrogen-bond donors (Lipinski definition) is 1. The SMILES string of the molecule is c1ccc(C2=NC(c3ccc4c(c3)oc3c(-c5ccc6c7cc(-c8ccccc8)ccc7n(-c7ccccc7)c6c5)cccc34)NC(c3ccc4oc5ccccc5c4c3)=N2)cc1. The Morgan fingerprint density at radius 2 is 1.10 bits per heavy atom. The van der Waals surface area contributed by atoms with Gasteiger partial charge in [0.15, 0.2) is 5.84 Å². The third-order valence-corrected chi connectivity index (χ3v) is 12.5. The summed E-state index contributed by atoms with van der Waals surface area (Å²) < 4.78 is 15.4.